The van der Waals surface area contributed by atoms with Gasteiger partial charge in [0.15, 0.2) is 5.82 Å². The van der Waals surface area contributed by atoms with E-state index in [0.29, 0.717) is 29.4 Å². The maximum atomic E-state index is 10.8. The van der Waals surface area contributed by atoms with Gasteiger partial charge in [0.25, 0.3) is 11.6 Å². The van der Waals surface area contributed by atoms with Gasteiger partial charge in [-0.2, -0.15) is 4.98 Å². The Kier molecular flexibility index (Phi) is 3.33. The molecule has 0 aliphatic carbocycles. The minimum Gasteiger partial charge on any atom is -0.334 e. The van der Waals surface area contributed by atoms with Gasteiger partial charge in [0, 0.05) is 17.2 Å². The summed E-state index contributed by atoms with van der Waals surface area (Å²) in [5.41, 5.74) is 1.14. The molecule has 0 saturated carbocycles. The fourth-order valence-electron chi connectivity index (χ4n) is 1.65. The highest BCUT2D eigenvalue weighted by atomic mass is 16.6. The van der Waals surface area contributed by atoms with E-state index in [9.17, 15) is 10.1 Å². The predicted octanol–water partition coefficient (Wildman–Crippen LogP) is 1.67. The maximum Gasteiger partial charge on any atom is 0.273 e. The van der Waals surface area contributed by atoms with Gasteiger partial charge in [-0.05, 0) is 20.0 Å². The molecule has 0 spiro atoms. The molecule has 18 heavy (non-hydrogen) atoms. The Morgan fingerprint density at radius 2 is 2.28 bits per heavy atom. The van der Waals surface area contributed by atoms with E-state index < -0.39 is 4.92 Å². The van der Waals surface area contributed by atoms with Gasteiger partial charge in [0.2, 0.25) is 0 Å². The molecule has 1 aromatic heterocycles. The van der Waals surface area contributed by atoms with Gasteiger partial charge in [-0.15, -0.1) is 0 Å². The molecule has 0 amide bonds. The van der Waals surface area contributed by atoms with Crippen molar-refractivity contribution < 1.29 is 9.45 Å². The first-order valence-electron chi connectivity index (χ1n) is 5.35. The van der Waals surface area contributed by atoms with Crippen LogP contribution in [-0.4, -0.2) is 22.1 Å². The lowest BCUT2D eigenvalue weighted by Crippen LogP contribution is -2.06. The molecule has 7 heteroatoms. The first kappa shape index (κ1) is 12.2. The molecule has 1 N–H and O–H groups in total. The Labute approximate surface area is 103 Å². The Morgan fingerprint density at radius 1 is 1.50 bits per heavy atom. The van der Waals surface area contributed by atoms with Crippen molar-refractivity contribution in [3.05, 3.63) is 39.7 Å². The molecule has 94 valence electrons. The summed E-state index contributed by atoms with van der Waals surface area (Å²) < 4.78 is 5.10. The largest absolute Gasteiger partial charge is 0.334 e. The average molecular weight is 248 g/mol. The summed E-state index contributed by atoms with van der Waals surface area (Å²) in [7, 11) is 1.77. The number of aromatic nitrogens is 2. The topological polar surface area (TPSA) is 94.1 Å². The van der Waals surface area contributed by atoms with Crippen LogP contribution in [0.4, 0.5) is 5.69 Å². The van der Waals surface area contributed by atoms with Crippen LogP contribution in [0, 0.1) is 17.0 Å². The quantitative estimate of drug-likeness (QED) is 0.653. The summed E-state index contributed by atoms with van der Waals surface area (Å²) in [6, 6.07) is 4.77. The van der Waals surface area contributed by atoms with Crippen molar-refractivity contribution in [2.45, 2.75) is 13.5 Å². The predicted molar refractivity (Wildman–Crippen MR) is 63.9 cm³/mol. The van der Waals surface area contributed by atoms with E-state index in [1.165, 1.54) is 6.07 Å². The summed E-state index contributed by atoms with van der Waals surface area (Å²) in [5.74, 6) is 0.805. The smallest absolute Gasteiger partial charge is 0.273 e. The van der Waals surface area contributed by atoms with Crippen LogP contribution in [0.1, 0.15) is 11.4 Å². The second-order valence-electron chi connectivity index (χ2n) is 3.75. The average Bonchev–Trinajstić information content (AvgIpc) is 2.78. The lowest BCUT2D eigenvalue weighted by atomic mass is 10.1. The first-order valence-corrected chi connectivity index (χ1v) is 5.35. The summed E-state index contributed by atoms with van der Waals surface area (Å²) in [6.07, 6.45) is 0. The van der Waals surface area contributed by atoms with E-state index in [4.69, 9.17) is 4.52 Å². The standard InChI is InChI=1S/C11H12N4O3/c1-7-8(4-3-5-9(7)15(16)17)11-13-10(6-12-2)14-18-11/h3-5,12H,6H2,1-2H3. The Balaban J connectivity index is 2.43. The third-order valence-electron chi connectivity index (χ3n) is 2.54. The Hall–Kier alpha value is -2.28. The molecule has 0 fully saturated rings. The second-order valence-corrected chi connectivity index (χ2v) is 3.75. The van der Waals surface area contributed by atoms with Crippen LogP contribution in [0.2, 0.25) is 0 Å². The van der Waals surface area contributed by atoms with Crippen molar-refractivity contribution in [2.24, 2.45) is 0 Å². The van der Waals surface area contributed by atoms with Gasteiger partial charge >= 0.3 is 0 Å². The number of nitrogens with one attached hydrogen (secondary N) is 1. The summed E-state index contributed by atoms with van der Waals surface area (Å²) in [4.78, 5) is 14.6. The summed E-state index contributed by atoms with van der Waals surface area (Å²) in [5, 5.41) is 17.5. The van der Waals surface area contributed by atoms with Gasteiger partial charge in [-0.3, -0.25) is 10.1 Å². The number of nitrogens with zero attached hydrogens (tertiary/aromatic N) is 3. The molecular weight excluding hydrogens is 236 g/mol. The number of nitro groups is 1. The summed E-state index contributed by atoms with van der Waals surface area (Å²) >= 11 is 0. The fraction of sp³-hybridized carbons (Fsp3) is 0.273. The van der Waals surface area contributed by atoms with E-state index in [2.05, 4.69) is 15.5 Å². The van der Waals surface area contributed by atoms with Gasteiger partial charge < -0.3 is 9.84 Å². The van der Waals surface area contributed by atoms with Gasteiger partial charge in [-0.25, -0.2) is 0 Å². The summed E-state index contributed by atoms with van der Waals surface area (Å²) in [6.45, 7) is 2.15. The third kappa shape index (κ3) is 2.21. The SMILES string of the molecule is CNCc1noc(-c2cccc([N+](=O)[O-])c2C)n1. The zero-order chi connectivity index (χ0) is 13.1. The molecule has 1 heterocycles. The zero-order valence-electron chi connectivity index (χ0n) is 10.0. The van der Waals surface area contributed by atoms with Crippen molar-refractivity contribution in [3.63, 3.8) is 0 Å². The molecule has 2 rings (SSSR count). The second kappa shape index (κ2) is 4.92. The van der Waals surface area contributed by atoms with E-state index in [-0.39, 0.29) is 5.69 Å². The van der Waals surface area contributed by atoms with Crippen LogP contribution in [0.5, 0.6) is 0 Å². The number of benzene rings is 1. The minimum atomic E-state index is -0.427. The molecule has 0 radical (unpaired) electrons. The van der Waals surface area contributed by atoms with E-state index >= 15 is 0 Å². The zero-order valence-corrected chi connectivity index (χ0v) is 10.0. The van der Waals surface area contributed by atoms with Crippen LogP contribution in [0.25, 0.3) is 11.5 Å². The van der Waals surface area contributed by atoms with Crippen LogP contribution in [-0.2, 0) is 6.54 Å². The van der Waals surface area contributed by atoms with Crippen molar-refractivity contribution in [1.29, 1.82) is 0 Å². The molecule has 2 aromatic rings. The molecule has 0 aliphatic rings. The highest BCUT2D eigenvalue weighted by Crippen LogP contribution is 2.28. The number of hydrogen-bond acceptors (Lipinski definition) is 6. The third-order valence-corrected chi connectivity index (χ3v) is 2.54. The number of hydrogen-bond donors (Lipinski definition) is 1. The number of nitro benzene ring substituents is 1. The molecule has 7 nitrogen and oxygen atoms in total. The van der Waals surface area contributed by atoms with Crippen molar-refractivity contribution in [1.82, 2.24) is 15.5 Å². The fourth-order valence-corrected chi connectivity index (χ4v) is 1.65. The number of rotatable bonds is 4. The van der Waals surface area contributed by atoms with Gasteiger partial charge in [-0.1, -0.05) is 11.2 Å². The highest BCUT2D eigenvalue weighted by molar-refractivity contribution is 5.64. The normalized spacial score (nSPS) is 10.6. The van der Waals surface area contributed by atoms with Crippen molar-refractivity contribution in [2.75, 3.05) is 7.05 Å². The van der Waals surface area contributed by atoms with Gasteiger partial charge in [0.05, 0.1) is 11.5 Å². The Bertz CT molecular complexity index is 579. The van der Waals surface area contributed by atoms with Gasteiger partial charge in [0.1, 0.15) is 0 Å². The van der Waals surface area contributed by atoms with E-state index in [1.807, 2.05) is 0 Å². The highest BCUT2D eigenvalue weighted by Gasteiger charge is 2.18. The van der Waals surface area contributed by atoms with Crippen molar-refractivity contribution in [3.8, 4) is 11.5 Å². The van der Waals surface area contributed by atoms with Crippen LogP contribution in [0.3, 0.4) is 0 Å². The lowest BCUT2D eigenvalue weighted by Gasteiger charge is -2.00. The van der Waals surface area contributed by atoms with Crippen LogP contribution < -0.4 is 5.32 Å². The first-order chi connectivity index (χ1) is 8.63. The van der Waals surface area contributed by atoms with Crippen LogP contribution >= 0.6 is 0 Å². The molecule has 0 saturated heterocycles. The molecule has 0 atom stereocenters. The molecular formula is C11H12N4O3. The minimum absolute atomic E-state index is 0.0425. The molecule has 1 aromatic carbocycles. The molecule has 0 bridgehead atoms. The monoisotopic (exact) mass is 248 g/mol. The van der Waals surface area contributed by atoms with E-state index in [1.54, 1.807) is 26.1 Å². The van der Waals surface area contributed by atoms with Crippen molar-refractivity contribution >= 4 is 5.69 Å². The van der Waals surface area contributed by atoms with Crippen LogP contribution in [0.15, 0.2) is 22.7 Å². The maximum absolute atomic E-state index is 10.8. The Morgan fingerprint density at radius 3 is 2.94 bits per heavy atom. The lowest BCUT2D eigenvalue weighted by molar-refractivity contribution is -0.385. The molecule has 0 aliphatic heterocycles. The van der Waals surface area contributed by atoms with E-state index in [0.717, 1.165) is 0 Å². The molecule has 0 unspecified atom stereocenters.